The second-order valence-electron chi connectivity index (χ2n) is 4.27. The molecule has 1 aromatic carbocycles. The van der Waals surface area contributed by atoms with Crippen LogP contribution in [-0.4, -0.2) is 16.0 Å². The Kier molecular flexibility index (Phi) is 3.83. The Labute approximate surface area is 102 Å². The van der Waals surface area contributed by atoms with Gasteiger partial charge in [0, 0.05) is 30.5 Å². The van der Waals surface area contributed by atoms with Crippen LogP contribution in [0.3, 0.4) is 0 Å². The van der Waals surface area contributed by atoms with Gasteiger partial charge in [-0.2, -0.15) is 0 Å². The molecule has 1 heterocycles. The Hall–Kier alpha value is -1.74. The molecule has 2 aromatic rings. The number of nitrogens with one attached hydrogen (secondary N) is 1. The molecule has 0 saturated carbocycles. The van der Waals surface area contributed by atoms with Gasteiger partial charge >= 0.3 is 0 Å². The quantitative estimate of drug-likeness (QED) is 0.872. The fraction of sp³-hybridized carbons (Fsp3) is 0.286. The highest BCUT2D eigenvalue weighted by Crippen LogP contribution is 2.19. The van der Waals surface area contributed by atoms with Crippen LogP contribution in [0.15, 0.2) is 42.7 Å². The van der Waals surface area contributed by atoms with Crippen LogP contribution in [0.1, 0.15) is 19.4 Å². The number of benzene rings is 1. The summed E-state index contributed by atoms with van der Waals surface area (Å²) in [4.78, 5) is 8.60. The number of hydrogen-bond acceptors (Lipinski definition) is 3. The van der Waals surface area contributed by atoms with E-state index in [2.05, 4.69) is 41.3 Å². The number of rotatable bonds is 4. The molecule has 0 aliphatic heterocycles. The maximum absolute atomic E-state index is 4.30. The second-order valence-corrected chi connectivity index (χ2v) is 4.27. The molecule has 0 unspecified atom stereocenters. The Morgan fingerprint density at radius 3 is 2.47 bits per heavy atom. The van der Waals surface area contributed by atoms with E-state index in [1.807, 2.05) is 18.2 Å². The molecule has 0 saturated heterocycles. The molecule has 0 aliphatic rings. The summed E-state index contributed by atoms with van der Waals surface area (Å²) in [6.07, 6.45) is 3.55. The van der Waals surface area contributed by atoms with E-state index in [0.717, 1.165) is 17.9 Å². The van der Waals surface area contributed by atoms with Crippen molar-refractivity contribution in [2.45, 2.75) is 26.4 Å². The molecule has 2 rings (SSSR count). The lowest BCUT2D eigenvalue weighted by Crippen LogP contribution is -2.22. The summed E-state index contributed by atoms with van der Waals surface area (Å²) < 4.78 is 0. The molecular formula is C14H17N3. The van der Waals surface area contributed by atoms with Crippen LogP contribution in [0.25, 0.3) is 11.4 Å². The van der Waals surface area contributed by atoms with Gasteiger partial charge in [-0.1, -0.05) is 38.1 Å². The molecule has 17 heavy (non-hydrogen) atoms. The smallest absolute Gasteiger partial charge is 0.159 e. The van der Waals surface area contributed by atoms with E-state index < -0.39 is 0 Å². The predicted octanol–water partition coefficient (Wildman–Crippen LogP) is 2.64. The van der Waals surface area contributed by atoms with Crippen molar-refractivity contribution in [2.75, 3.05) is 0 Å². The summed E-state index contributed by atoms with van der Waals surface area (Å²) in [5.74, 6) is 0.786. The number of aromatic nitrogens is 2. The first-order chi connectivity index (χ1) is 8.27. The first-order valence-corrected chi connectivity index (χ1v) is 5.86. The molecule has 0 amide bonds. The minimum Gasteiger partial charge on any atom is -0.310 e. The standard InChI is InChI=1S/C14H17N3/c1-11(2)17-10-12-6-3-4-7-13(12)14-15-8-5-9-16-14/h3-9,11,17H,10H2,1-2H3. The van der Waals surface area contributed by atoms with Crippen molar-refractivity contribution in [3.05, 3.63) is 48.3 Å². The van der Waals surface area contributed by atoms with E-state index in [1.54, 1.807) is 12.4 Å². The molecule has 1 aromatic heterocycles. The highest BCUT2D eigenvalue weighted by Gasteiger charge is 2.06. The van der Waals surface area contributed by atoms with Crippen molar-refractivity contribution < 1.29 is 0 Å². The van der Waals surface area contributed by atoms with Gasteiger partial charge < -0.3 is 5.32 Å². The minimum atomic E-state index is 0.472. The monoisotopic (exact) mass is 227 g/mol. The summed E-state index contributed by atoms with van der Waals surface area (Å²) in [6.45, 7) is 5.12. The van der Waals surface area contributed by atoms with E-state index in [0.29, 0.717) is 6.04 Å². The Morgan fingerprint density at radius 2 is 1.76 bits per heavy atom. The third kappa shape index (κ3) is 3.11. The largest absolute Gasteiger partial charge is 0.310 e. The third-order valence-corrected chi connectivity index (χ3v) is 2.52. The van der Waals surface area contributed by atoms with Gasteiger partial charge in [-0.05, 0) is 11.6 Å². The van der Waals surface area contributed by atoms with Gasteiger partial charge in [0.05, 0.1) is 0 Å². The van der Waals surface area contributed by atoms with Gasteiger partial charge in [-0.15, -0.1) is 0 Å². The Morgan fingerprint density at radius 1 is 1.06 bits per heavy atom. The summed E-state index contributed by atoms with van der Waals surface area (Å²) in [5, 5.41) is 3.42. The summed E-state index contributed by atoms with van der Waals surface area (Å²) in [6, 6.07) is 10.5. The molecule has 0 spiro atoms. The Balaban J connectivity index is 2.28. The minimum absolute atomic E-state index is 0.472. The van der Waals surface area contributed by atoms with Crippen molar-refractivity contribution in [1.82, 2.24) is 15.3 Å². The number of nitrogens with zero attached hydrogens (tertiary/aromatic N) is 2. The molecule has 0 fully saturated rings. The predicted molar refractivity (Wildman–Crippen MR) is 69.4 cm³/mol. The summed E-state index contributed by atoms with van der Waals surface area (Å²) in [7, 11) is 0. The lowest BCUT2D eigenvalue weighted by atomic mass is 10.1. The second kappa shape index (κ2) is 5.55. The van der Waals surface area contributed by atoms with Gasteiger partial charge in [-0.3, -0.25) is 0 Å². The SMILES string of the molecule is CC(C)NCc1ccccc1-c1ncccn1. The van der Waals surface area contributed by atoms with Gasteiger partial charge in [0.15, 0.2) is 5.82 Å². The van der Waals surface area contributed by atoms with Crippen LogP contribution in [-0.2, 0) is 6.54 Å². The number of hydrogen-bond donors (Lipinski definition) is 1. The molecule has 3 nitrogen and oxygen atoms in total. The normalized spacial score (nSPS) is 10.8. The first-order valence-electron chi connectivity index (χ1n) is 5.86. The fourth-order valence-electron chi connectivity index (χ4n) is 1.64. The first kappa shape index (κ1) is 11.7. The zero-order chi connectivity index (χ0) is 12.1. The van der Waals surface area contributed by atoms with Crippen molar-refractivity contribution in [3.63, 3.8) is 0 Å². The van der Waals surface area contributed by atoms with E-state index >= 15 is 0 Å². The highest BCUT2D eigenvalue weighted by atomic mass is 14.9. The van der Waals surface area contributed by atoms with Gasteiger partial charge in [0.25, 0.3) is 0 Å². The Bertz CT molecular complexity index is 466. The van der Waals surface area contributed by atoms with Crippen LogP contribution in [0.2, 0.25) is 0 Å². The van der Waals surface area contributed by atoms with Crippen molar-refractivity contribution in [2.24, 2.45) is 0 Å². The average molecular weight is 227 g/mol. The highest BCUT2D eigenvalue weighted by molar-refractivity contribution is 5.59. The van der Waals surface area contributed by atoms with Gasteiger partial charge in [0.2, 0.25) is 0 Å². The zero-order valence-electron chi connectivity index (χ0n) is 10.2. The van der Waals surface area contributed by atoms with Crippen LogP contribution >= 0.6 is 0 Å². The maximum Gasteiger partial charge on any atom is 0.159 e. The van der Waals surface area contributed by atoms with Crippen LogP contribution < -0.4 is 5.32 Å². The summed E-state index contributed by atoms with van der Waals surface area (Å²) >= 11 is 0. The lowest BCUT2D eigenvalue weighted by Gasteiger charge is -2.11. The molecule has 0 aliphatic carbocycles. The summed E-state index contributed by atoms with van der Waals surface area (Å²) in [5.41, 5.74) is 2.33. The zero-order valence-corrected chi connectivity index (χ0v) is 10.2. The fourth-order valence-corrected chi connectivity index (χ4v) is 1.64. The van der Waals surface area contributed by atoms with Crippen molar-refractivity contribution in [1.29, 1.82) is 0 Å². The van der Waals surface area contributed by atoms with E-state index in [-0.39, 0.29) is 0 Å². The van der Waals surface area contributed by atoms with E-state index in [9.17, 15) is 0 Å². The average Bonchev–Trinajstić information content (AvgIpc) is 2.38. The van der Waals surface area contributed by atoms with Crippen molar-refractivity contribution in [3.8, 4) is 11.4 Å². The van der Waals surface area contributed by atoms with E-state index in [1.165, 1.54) is 5.56 Å². The maximum atomic E-state index is 4.30. The molecule has 1 N–H and O–H groups in total. The van der Waals surface area contributed by atoms with Gasteiger partial charge in [-0.25, -0.2) is 9.97 Å². The van der Waals surface area contributed by atoms with Crippen LogP contribution in [0.4, 0.5) is 0 Å². The van der Waals surface area contributed by atoms with Crippen LogP contribution in [0.5, 0.6) is 0 Å². The van der Waals surface area contributed by atoms with Gasteiger partial charge in [0.1, 0.15) is 0 Å². The van der Waals surface area contributed by atoms with Crippen LogP contribution in [0, 0.1) is 0 Å². The van der Waals surface area contributed by atoms with E-state index in [4.69, 9.17) is 0 Å². The molecule has 0 atom stereocenters. The molecule has 0 bridgehead atoms. The molecule has 0 radical (unpaired) electrons. The topological polar surface area (TPSA) is 37.8 Å². The molecule has 3 heteroatoms. The third-order valence-electron chi connectivity index (χ3n) is 2.52. The molecular weight excluding hydrogens is 210 g/mol. The van der Waals surface area contributed by atoms with Crippen molar-refractivity contribution >= 4 is 0 Å². The lowest BCUT2D eigenvalue weighted by molar-refractivity contribution is 0.589. The molecule has 88 valence electrons.